The summed E-state index contributed by atoms with van der Waals surface area (Å²) in [5.41, 5.74) is -0.0448. The Bertz CT molecular complexity index is 698. The molecular weight excluding hydrogens is 268 g/mol. The number of hydrogen-bond donors (Lipinski definition) is 1. The first-order valence-corrected chi connectivity index (χ1v) is 6.86. The van der Waals surface area contributed by atoms with Gasteiger partial charge in [-0.1, -0.05) is 19.8 Å². The van der Waals surface area contributed by atoms with Gasteiger partial charge in [0.1, 0.15) is 0 Å². The number of aromatic nitrogens is 4. The number of imidazole rings is 1. The van der Waals surface area contributed by atoms with E-state index in [0.29, 0.717) is 24.3 Å². The predicted molar refractivity (Wildman–Crippen MR) is 74.8 cm³/mol. The minimum absolute atomic E-state index is 0.129. The molecule has 19 heavy (non-hydrogen) atoms. The molecule has 0 aliphatic rings. The normalized spacial score (nSPS) is 11.3. The van der Waals surface area contributed by atoms with Gasteiger partial charge < -0.3 is 4.98 Å². The lowest BCUT2D eigenvalue weighted by Gasteiger charge is -2.09. The fraction of sp³-hybridized carbons (Fsp3) is 0.583. The Balaban J connectivity index is 2.66. The third-order valence-corrected chi connectivity index (χ3v) is 3.31. The molecule has 0 saturated heterocycles. The molecule has 0 aromatic carbocycles. The van der Waals surface area contributed by atoms with Gasteiger partial charge in [-0.3, -0.25) is 13.9 Å². The number of rotatable bonds is 5. The van der Waals surface area contributed by atoms with Gasteiger partial charge in [0.15, 0.2) is 11.2 Å². The van der Waals surface area contributed by atoms with Crippen molar-refractivity contribution < 1.29 is 0 Å². The summed E-state index contributed by atoms with van der Waals surface area (Å²) in [7, 11) is 0. The monoisotopic (exact) mass is 284 g/mol. The zero-order valence-corrected chi connectivity index (χ0v) is 11.8. The molecule has 2 rings (SSSR count). The quantitative estimate of drug-likeness (QED) is 0.671. The molecule has 0 atom stereocenters. The predicted octanol–water partition coefficient (Wildman–Crippen LogP) is 1.75. The molecule has 0 aliphatic heterocycles. The third-order valence-electron chi connectivity index (χ3n) is 3.13. The summed E-state index contributed by atoms with van der Waals surface area (Å²) in [4.78, 5) is 31.1. The van der Waals surface area contributed by atoms with E-state index in [-0.39, 0.29) is 16.5 Å². The summed E-state index contributed by atoms with van der Waals surface area (Å²) in [5.74, 6) is 0. The smallest absolute Gasteiger partial charge is 0.323 e. The molecule has 0 amide bonds. The van der Waals surface area contributed by atoms with Gasteiger partial charge in [0, 0.05) is 13.1 Å². The number of aromatic amines is 1. The number of H-pyrrole nitrogens is 1. The Morgan fingerprint density at radius 1 is 1.21 bits per heavy atom. The minimum atomic E-state index is -0.367. The molecule has 1 N–H and O–H groups in total. The standard InChI is InChI=1S/C12H17ClN4O2/c1-3-5-6-7-17-9-8(14-11(13)15-9)10(18)16(4-2)12(17)19/h3-7H2,1-2H3,(H,14,15). The van der Waals surface area contributed by atoms with E-state index in [9.17, 15) is 9.59 Å². The number of nitrogens with one attached hydrogen (secondary N) is 1. The van der Waals surface area contributed by atoms with Crippen molar-refractivity contribution in [2.45, 2.75) is 46.2 Å². The average molecular weight is 285 g/mol. The summed E-state index contributed by atoms with van der Waals surface area (Å²) < 4.78 is 2.72. The molecule has 0 radical (unpaired) electrons. The average Bonchev–Trinajstić information content (AvgIpc) is 2.76. The van der Waals surface area contributed by atoms with Gasteiger partial charge in [0.05, 0.1) is 0 Å². The summed E-state index contributed by atoms with van der Waals surface area (Å²) in [6, 6.07) is 0. The lowest BCUT2D eigenvalue weighted by molar-refractivity contribution is 0.549. The molecule has 2 heterocycles. The van der Waals surface area contributed by atoms with Gasteiger partial charge in [-0.05, 0) is 24.9 Å². The SMILES string of the molecule is CCCCCn1c(=O)n(CC)c(=O)c2[nH]c(Cl)nc21. The maximum absolute atomic E-state index is 12.3. The Morgan fingerprint density at radius 3 is 2.58 bits per heavy atom. The first-order valence-electron chi connectivity index (χ1n) is 6.49. The van der Waals surface area contributed by atoms with Crippen molar-refractivity contribution in [3.63, 3.8) is 0 Å². The first-order chi connectivity index (χ1) is 9.10. The van der Waals surface area contributed by atoms with E-state index in [0.717, 1.165) is 19.3 Å². The molecule has 7 heteroatoms. The molecule has 0 aliphatic carbocycles. The summed E-state index contributed by atoms with van der Waals surface area (Å²) >= 11 is 5.81. The number of unbranched alkanes of at least 4 members (excludes halogenated alkanes) is 2. The second-order valence-electron chi connectivity index (χ2n) is 4.42. The number of hydrogen-bond acceptors (Lipinski definition) is 3. The van der Waals surface area contributed by atoms with Crippen molar-refractivity contribution in [1.29, 1.82) is 0 Å². The van der Waals surface area contributed by atoms with E-state index in [1.807, 2.05) is 0 Å². The number of nitrogens with zero attached hydrogens (tertiary/aromatic N) is 3. The van der Waals surface area contributed by atoms with E-state index >= 15 is 0 Å². The number of halogens is 1. The lowest BCUT2D eigenvalue weighted by atomic mass is 10.2. The van der Waals surface area contributed by atoms with Gasteiger partial charge >= 0.3 is 5.69 Å². The van der Waals surface area contributed by atoms with Gasteiger partial charge in [-0.15, -0.1) is 0 Å². The van der Waals surface area contributed by atoms with E-state index in [1.54, 1.807) is 6.92 Å². The highest BCUT2D eigenvalue weighted by Crippen LogP contribution is 2.10. The summed E-state index contributed by atoms with van der Waals surface area (Å²) in [5, 5.41) is 0.129. The molecule has 0 unspecified atom stereocenters. The Hall–Kier alpha value is -1.56. The highest BCUT2D eigenvalue weighted by atomic mass is 35.5. The summed E-state index contributed by atoms with van der Waals surface area (Å²) in [6.45, 7) is 4.74. The number of aryl methyl sites for hydroxylation is 1. The van der Waals surface area contributed by atoms with Crippen molar-refractivity contribution in [2.75, 3.05) is 0 Å². The van der Waals surface area contributed by atoms with Crippen LogP contribution in [0.3, 0.4) is 0 Å². The van der Waals surface area contributed by atoms with Crippen molar-refractivity contribution in [1.82, 2.24) is 19.1 Å². The maximum Gasteiger partial charge on any atom is 0.332 e. The van der Waals surface area contributed by atoms with Crippen LogP contribution in [0.1, 0.15) is 33.1 Å². The first kappa shape index (κ1) is 13.9. The molecular formula is C12H17ClN4O2. The second-order valence-corrected chi connectivity index (χ2v) is 4.77. The molecule has 0 spiro atoms. The van der Waals surface area contributed by atoms with Gasteiger partial charge in [0.25, 0.3) is 5.56 Å². The van der Waals surface area contributed by atoms with Gasteiger partial charge in [0.2, 0.25) is 5.28 Å². The van der Waals surface area contributed by atoms with Crippen molar-refractivity contribution in [3.05, 3.63) is 26.1 Å². The van der Waals surface area contributed by atoms with E-state index in [4.69, 9.17) is 11.6 Å². The molecule has 104 valence electrons. The van der Waals surface area contributed by atoms with Crippen molar-refractivity contribution in [2.24, 2.45) is 0 Å². The second kappa shape index (κ2) is 5.61. The van der Waals surface area contributed by atoms with Crippen LogP contribution >= 0.6 is 11.6 Å². The van der Waals surface area contributed by atoms with Crippen LogP contribution in [0.4, 0.5) is 0 Å². The van der Waals surface area contributed by atoms with Crippen LogP contribution < -0.4 is 11.2 Å². The largest absolute Gasteiger partial charge is 0.332 e. The Labute approximate surface area is 115 Å². The zero-order valence-electron chi connectivity index (χ0n) is 11.1. The zero-order chi connectivity index (χ0) is 14.0. The topological polar surface area (TPSA) is 72.7 Å². The van der Waals surface area contributed by atoms with Crippen LogP contribution in [0, 0.1) is 0 Å². The Morgan fingerprint density at radius 2 is 1.95 bits per heavy atom. The molecule has 0 bridgehead atoms. The Kier molecular flexibility index (Phi) is 4.09. The van der Waals surface area contributed by atoms with Crippen LogP contribution in [-0.4, -0.2) is 19.1 Å². The van der Waals surface area contributed by atoms with Crippen LogP contribution in [0.15, 0.2) is 9.59 Å². The van der Waals surface area contributed by atoms with Crippen LogP contribution in [0.2, 0.25) is 5.28 Å². The molecule has 6 nitrogen and oxygen atoms in total. The van der Waals surface area contributed by atoms with E-state index < -0.39 is 0 Å². The van der Waals surface area contributed by atoms with E-state index in [2.05, 4.69) is 16.9 Å². The fourth-order valence-electron chi connectivity index (χ4n) is 2.14. The van der Waals surface area contributed by atoms with Crippen molar-refractivity contribution >= 4 is 22.8 Å². The van der Waals surface area contributed by atoms with Crippen molar-refractivity contribution in [3.8, 4) is 0 Å². The maximum atomic E-state index is 12.3. The third kappa shape index (κ3) is 2.45. The van der Waals surface area contributed by atoms with E-state index in [1.165, 1.54) is 9.13 Å². The summed E-state index contributed by atoms with van der Waals surface area (Å²) in [6.07, 6.45) is 2.96. The molecule has 0 saturated carbocycles. The number of fused-ring (bicyclic) bond motifs is 1. The molecule has 2 aromatic heterocycles. The van der Waals surface area contributed by atoms with Crippen LogP contribution in [0.25, 0.3) is 11.2 Å². The molecule has 0 fully saturated rings. The lowest BCUT2D eigenvalue weighted by Crippen LogP contribution is -2.39. The minimum Gasteiger partial charge on any atom is -0.323 e. The van der Waals surface area contributed by atoms with Crippen LogP contribution in [-0.2, 0) is 13.1 Å². The highest BCUT2D eigenvalue weighted by Gasteiger charge is 2.15. The highest BCUT2D eigenvalue weighted by molar-refractivity contribution is 6.28. The fourth-order valence-corrected chi connectivity index (χ4v) is 2.31. The van der Waals surface area contributed by atoms with Crippen LogP contribution in [0.5, 0.6) is 0 Å². The molecule has 2 aromatic rings. The van der Waals surface area contributed by atoms with Gasteiger partial charge in [-0.2, -0.15) is 4.98 Å². The van der Waals surface area contributed by atoms with Gasteiger partial charge in [-0.25, -0.2) is 4.79 Å².